The number of nitrogens with zero attached hydrogens (tertiary/aromatic N) is 1. The second-order valence-electron chi connectivity index (χ2n) is 14.8. The summed E-state index contributed by atoms with van der Waals surface area (Å²) in [6, 6.07) is 72.8. The first-order valence-corrected chi connectivity index (χ1v) is 19.3. The third-order valence-corrected chi connectivity index (χ3v) is 11.8. The van der Waals surface area contributed by atoms with Gasteiger partial charge in [0.2, 0.25) is 0 Å². The topological polar surface area (TPSA) is 18.1 Å². The molecule has 260 valence electrons. The molecule has 0 bridgehead atoms. The van der Waals surface area contributed by atoms with Gasteiger partial charge in [0.05, 0.1) is 16.7 Å². The van der Waals surface area contributed by atoms with Gasteiger partial charge in [-0.05, 0) is 108 Å². The molecule has 0 unspecified atom stereocenters. The summed E-state index contributed by atoms with van der Waals surface area (Å²) in [5.74, 6) is 0. The second-order valence-corrected chi connectivity index (χ2v) is 14.8. The summed E-state index contributed by atoms with van der Waals surface area (Å²) in [4.78, 5) is 0. The van der Waals surface area contributed by atoms with Gasteiger partial charge < -0.3 is 8.98 Å². The van der Waals surface area contributed by atoms with Gasteiger partial charge in [-0.15, -0.1) is 0 Å². The minimum absolute atomic E-state index is 0.877. The summed E-state index contributed by atoms with van der Waals surface area (Å²) in [6.45, 7) is 0. The lowest BCUT2D eigenvalue weighted by Gasteiger charge is -2.13. The van der Waals surface area contributed by atoms with E-state index in [-0.39, 0.29) is 0 Å². The maximum atomic E-state index is 6.65. The highest BCUT2D eigenvalue weighted by atomic mass is 16.3. The molecule has 0 radical (unpaired) electrons. The maximum absolute atomic E-state index is 6.65. The Morgan fingerprint density at radius 3 is 1.59 bits per heavy atom. The first kappa shape index (κ1) is 31.0. The lowest BCUT2D eigenvalue weighted by Crippen LogP contribution is -1.95. The molecule has 56 heavy (non-hydrogen) atoms. The molecule has 0 N–H and O–H groups in total. The third-order valence-electron chi connectivity index (χ3n) is 11.8. The quantitative estimate of drug-likeness (QED) is 0.166. The van der Waals surface area contributed by atoms with Crippen LogP contribution >= 0.6 is 0 Å². The van der Waals surface area contributed by atoms with Crippen LogP contribution < -0.4 is 0 Å². The molecule has 0 aliphatic heterocycles. The van der Waals surface area contributed by atoms with Gasteiger partial charge in [-0.25, -0.2) is 0 Å². The van der Waals surface area contributed by atoms with Gasteiger partial charge in [0.25, 0.3) is 0 Å². The van der Waals surface area contributed by atoms with Gasteiger partial charge in [-0.2, -0.15) is 0 Å². The minimum Gasteiger partial charge on any atom is -0.456 e. The summed E-state index contributed by atoms with van der Waals surface area (Å²) in [5.41, 5.74) is 12.3. The van der Waals surface area contributed by atoms with Crippen LogP contribution in [0.5, 0.6) is 0 Å². The molecule has 12 aromatic rings. The summed E-state index contributed by atoms with van der Waals surface area (Å²) in [5, 5.41) is 12.4. The van der Waals surface area contributed by atoms with E-state index >= 15 is 0 Å². The van der Waals surface area contributed by atoms with Gasteiger partial charge >= 0.3 is 0 Å². The molecule has 0 saturated heterocycles. The normalized spacial score (nSPS) is 11.9. The zero-order chi connectivity index (χ0) is 36.7. The average molecular weight is 712 g/mol. The Morgan fingerprint density at radius 2 is 0.821 bits per heavy atom. The van der Waals surface area contributed by atoms with Crippen molar-refractivity contribution in [3.63, 3.8) is 0 Å². The Morgan fingerprint density at radius 1 is 0.286 bits per heavy atom. The molecule has 2 aromatic heterocycles. The number of hydrogen-bond donors (Lipinski definition) is 0. The highest BCUT2D eigenvalue weighted by Crippen LogP contribution is 2.43. The predicted molar refractivity (Wildman–Crippen MR) is 237 cm³/mol. The van der Waals surface area contributed by atoms with E-state index in [0.717, 1.165) is 49.8 Å². The Balaban J connectivity index is 1.08. The van der Waals surface area contributed by atoms with Crippen LogP contribution in [0, 0.1) is 0 Å². The fourth-order valence-electron chi connectivity index (χ4n) is 9.21. The maximum Gasteiger partial charge on any atom is 0.138 e. The predicted octanol–water partition coefficient (Wildman–Crippen LogP) is 15.1. The van der Waals surface area contributed by atoms with Gasteiger partial charge in [0.1, 0.15) is 11.2 Å². The highest BCUT2D eigenvalue weighted by Gasteiger charge is 2.19. The molecule has 0 spiro atoms. The van der Waals surface area contributed by atoms with Gasteiger partial charge in [0, 0.05) is 27.6 Å². The molecule has 0 aliphatic carbocycles. The molecular formula is C54H33NO. The third kappa shape index (κ3) is 4.63. The van der Waals surface area contributed by atoms with Gasteiger partial charge in [-0.1, -0.05) is 152 Å². The van der Waals surface area contributed by atoms with Crippen molar-refractivity contribution in [1.82, 2.24) is 4.57 Å². The van der Waals surface area contributed by atoms with Crippen molar-refractivity contribution in [1.29, 1.82) is 0 Å². The molecule has 12 rings (SSSR count). The van der Waals surface area contributed by atoms with Crippen LogP contribution in [0.4, 0.5) is 0 Å². The lowest BCUT2D eigenvalue weighted by molar-refractivity contribution is 0.668. The van der Waals surface area contributed by atoms with Crippen LogP contribution in [0.25, 0.3) is 115 Å². The zero-order valence-corrected chi connectivity index (χ0v) is 30.4. The van der Waals surface area contributed by atoms with E-state index < -0.39 is 0 Å². The number of furan rings is 1. The van der Waals surface area contributed by atoms with Crippen LogP contribution in [0.15, 0.2) is 205 Å². The molecular weight excluding hydrogens is 679 g/mol. The molecule has 2 heteroatoms. The largest absolute Gasteiger partial charge is 0.456 e. The molecule has 10 aromatic carbocycles. The summed E-state index contributed by atoms with van der Waals surface area (Å²) in [7, 11) is 0. The number of fused-ring (bicyclic) bond motifs is 12. The van der Waals surface area contributed by atoms with Crippen molar-refractivity contribution < 1.29 is 4.42 Å². The van der Waals surface area contributed by atoms with E-state index in [1.165, 1.54) is 65.3 Å². The number of benzene rings is 10. The molecule has 2 nitrogen and oxygen atoms in total. The number of rotatable bonds is 4. The molecule has 0 fully saturated rings. The highest BCUT2D eigenvalue weighted by molar-refractivity contribution is 6.26. The lowest BCUT2D eigenvalue weighted by atomic mass is 9.92. The fourth-order valence-corrected chi connectivity index (χ4v) is 9.21. The molecule has 0 aliphatic rings. The molecule has 0 saturated carbocycles. The number of para-hydroxylation sites is 2. The van der Waals surface area contributed by atoms with E-state index in [1.54, 1.807) is 0 Å². The van der Waals surface area contributed by atoms with E-state index in [0.29, 0.717) is 0 Å². The van der Waals surface area contributed by atoms with E-state index in [9.17, 15) is 0 Å². The number of hydrogen-bond acceptors (Lipinski definition) is 1. The molecule has 2 heterocycles. The van der Waals surface area contributed by atoms with Crippen molar-refractivity contribution in [3.05, 3.63) is 200 Å². The summed E-state index contributed by atoms with van der Waals surface area (Å²) >= 11 is 0. The smallest absolute Gasteiger partial charge is 0.138 e. The van der Waals surface area contributed by atoms with Crippen LogP contribution in [-0.4, -0.2) is 4.57 Å². The van der Waals surface area contributed by atoms with Crippen molar-refractivity contribution in [2.75, 3.05) is 0 Å². The van der Waals surface area contributed by atoms with E-state index in [1.807, 2.05) is 6.07 Å². The van der Waals surface area contributed by atoms with Crippen molar-refractivity contribution in [2.45, 2.75) is 0 Å². The second kappa shape index (κ2) is 12.0. The number of aromatic nitrogens is 1. The van der Waals surface area contributed by atoms with Crippen molar-refractivity contribution in [2.24, 2.45) is 0 Å². The van der Waals surface area contributed by atoms with E-state index in [2.05, 4.69) is 199 Å². The van der Waals surface area contributed by atoms with Crippen molar-refractivity contribution >= 4 is 76.1 Å². The standard InChI is InChI=1S/C54H33NO/c1-2-13-34(14-3-1)35-15-12-16-38(29-35)47-32-39(33-53-54(47)46-22-9-11-24-52(46)56-53)55-50-23-10-8-21-45(50)49-31-37(26-28-51(49)55)36-25-27-44-42-19-5-4-17-40(42)41-18-6-7-20-43(41)48(44)30-36/h1-33H. The van der Waals surface area contributed by atoms with Crippen molar-refractivity contribution in [3.8, 4) is 39.1 Å². The molecule has 0 atom stereocenters. The van der Waals surface area contributed by atoms with Crippen LogP contribution in [-0.2, 0) is 0 Å². The average Bonchev–Trinajstić information content (AvgIpc) is 3.82. The van der Waals surface area contributed by atoms with E-state index in [4.69, 9.17) is 4.42 Å². The Hall–Kier alpha value is -7.42. The minimum atomic E-state index is 0.877. The van der Waals surface area contributed by atoms with Crippen LogP contribution in [0.1, 0.15) is 0 Å². The van der Waals surface area contributed by atoms with Gasteiger partial charge in [0.15, 0.2) is 0 Å². The summed E-state index contributed by atoms with van der Waals surface area (Å²) in [6.07, 6.45) is 0. The first-order chi connectivity index (χ1) is 27.8. The summed E-state index contributed by atoms with van der Waals surface area (Å²) < 4.78 is 9.06. The molecule has 0 amide bonds. The Bertz CT molecular complexity index is 3500. The van der Waals surface area contributed by atoms with Gasteiger partial charge in [-0.3, -0.25) is 0 Å². The van der Waals surface area contributed by atoms with Crippen LogP contribution in [0.3, 0.4) is 0 Å². The fraction of sp³-hybridized carbons (Fsp3) is 0. The monoisotopic (exact) mass is 711 g/mol. The Kier molecular flexibility index (Phi) is 6.66. The first-order valence-electron chi connectivity index (χ1n) is 19.3. The Labute approximate surface area is 323 Å². The SMILES string of the molecule is c1ccc(-c2cccc(-c3cc(-n4c5ccccc5c5cc(-c6ccc7c8ccccc8c8ccccc8c7c6)ccc54)cc4oc5ccccc5c34)c2)cc1. The zero-order valence-electron chi connectivity index (χ0n) is 30.4. The van der Waals surface area contributed by atoms with Crippen LogP contribution in [0.2, 0.25) is 0 Å².